The number of carbonyl (C=O) groups excluding carboxylic acids is 3. The van der Waals surface area contributed by atoms with E-state index in [0.29, 0.717) is 11.5 Å². The Morgan fingerprint density at radius 1 is 1.33 bits per heavy atom. The second kappa shape index (κ2) is 13.4. The van der Waals surface area contributed by atoms with Crippen molar-refractivity contribution in [3.05, 3.63) is 23.8 Å². The lowest BCUT2D eigenvalue weighted by Crippen LogP contribution is -2.53. The molecule has 1 amide bonds. The smallest absolute Gasteiger partial charge is 0.404 e. The molecule has 4 N–H and O–H groups in total. The third kappa shape index (κ3) is 9.33. The van der Waals surface area contributed by atoms with Crippen molar-refractivity contribution in [3.63, 3.8) is 0 Å². The quantitative estimate of drug-likeness (QED) is 0.364. The van der Waals surface area contributed by atoms with Crippen LogP contribution in [0.3, 0.4) is 0 Å². The highest BCUT2D eigenvalue weighted by Crippen LogP contribution is 2.37. The number of hydrogen-bond donors (Lipinski definition) is 3. The first kappa shape index (κ1) is 30.0. The zero-order valence-electron chi connectivity index (χ0n) is 22.1. The molecule has 0 radical (unpaired) electrons. The molecule has 204 valence electrons. The molecule has 0 aromatic heterocycles. The molecule has 2 aliphatic heterocycles. The highest BCUT2D eigenvalue weighted by Gasteiger charge is 2.47. The summed E-state index contributed by atoms with van der Waals surface area (Å²) >= 11 is 0. The topological polar surface area (TPSA) is 145 Å². The standard InChI is InChI=1S/C27H43NO8/c1-6-7-16(2)8-9-18(4)22-13-21(30)12-20(29)10-17(3)11-23-19(5)24(35-26(28)32)14-27(33,36-23)15-25(31)34-22/h6-7,11,16,18-19,21-24,30,33H,8-10,12-15H2,1-5H3,(H2,28,32)/b7-6+,17-11-/t16?,18?,19-,21+,22-,23+,24+,27+/m1/s1. The summed E-state index contributed by atoms with van der Waals surface area (Å²) in [6.07, 6.45) is 2.83. The van der Waals surface area contributed by atoms with Crippen LogP contribution in [0.25, 0.3) is 0 Å². The number of hydrogen-bond acceptors (Lipinski definition) is 8. The summed E-state index contributed by atoms with van der Waals surface area (Å²) in [7, 11) is 0. The van der Waals surface area contributed by atoms with Gasteiger partial charge in [-0.15, -0.1) is 0 Å². The number of rotatable bonds is 6. The largest absolute Gasteiger partial charge is 0.462 e. The van der Waals surface area contributed by atoms with Gasteiger partial charge in [-0.25, -0.2) is 4.79 Å². The third-order valence-corrected chi connectivity index (χ3v) is 7.08. The molecule has 1 saturated heterocycles. The van der Waals surface area contributed by atoms with Gasteiger partial charge in [0, 0.05) is 31.6 Å². The molecule has 9 nitrogen and oxygen atoms in total. The van der Waals surface area contributed by atoms with Crippen LogP contribution < -0.4 is 5.73 Å². The van der Waals surface area contributed by atoms with Crippen LogP contribution in [0, 0.1) is 17.8 Å². The van der Waals surface area contributed by atoms with Gasteiger partial charge in [-0.3, -0.25) is 9.59 Å². The molecule has 0 spiro atoms. The van der Waals surface area contributed by atoms with Crippen LogP contribution in [0.5, 0.6) is 0 Å². The van der Waals surface area contributed by atoms with Crippen molar-refractivity contribution in [2.75, 3.05) is 0 Å². The van der Waals surface area contributed by atoms with E-state index in [-0.39, 0.29) is 43.3 Å². The number of nitrogens with two attached hydrogens (primary N) is 1. The first-order valence-electron chi connectivity index (χ1n) is 12.9. The number of ketones is 1. The number of esters is 1. The molecular weight excluding hydrogens is 466 g/mol. The van der Waals surface area contributed by atoms with Gasteiger partial charge in [0.25, 0.3) is 0 Å². The lowest BCUT2D eigenvalue weighted by molar-refractivity contribution is -0.279. The minimum atomic E-state index is -1.95. The van der Waals surface area contributed by atoms with Crippen LogP contribution in [0.15, 0.2) is 23.8 Å². The predicted molar refractivity (Wildman–Crippen MR) is 134 cm³/mol. The van der Waals surface area contributed by atoms with E-state index in [1.807, 2.05) is 19.9 Å². The lowest BCUT2D eigenvalue weighted by Gasteiger charge is -2.43. The molecule has 0 aromatic carbocycles. The molecule has 9 heteroatoms. The van der Waals surface area contributed by atoms with Gasteiger partial charge in [0.1, 0.15) is 18.0 Å². The Morgan fingerprint density at radius 3 is 2.67 bits per heavy atom. The molecule has 2 unspecified atom stereocenters. The van der Waals surface area contributed by atoms with Gasteiger partial charge in [0.15, 0.2) is 5.79 Å². The number of primary amides is 1. The molecule has 2 rings (SSSR count). The highest BCUT2D eigenvalue weighted by molar-refractivity contribution is 5.81. The Morgan fingerprint density at radius 2 is 2.03 bits per heavy atom. The van der Waals surface area contributed by atoms with Gasteiger partial charge in [-0.1, -0.05) is 44.6 Å². The molecule has 1 fully saturated rings. The number of fused-ring (bicyclic) bond motifs is 2. The van der Waals surface area contributed by atoms with E-state index in [0.717, 1.165) is 12.8 Å². The fourth-order valence-corrected chi connectivity index (χ4v) is 5.02. The molecule has 0 saturated carbocycles. The minimum absolute atomic E-state index is 0.0562. The van der Waals surface area contributed by atoms with Crippen LogP contribution in [0.2, 0.25) is 0 Å². The fourth-order valence-electron chi connectivity index (χ4n) is 5.02. The Labute approximate surface area is 214 Å². The van der Waals surface area contributed by atoms with Crippen molar-refractivity contribution in [2.45, 2.75) is 110 Å². The highest BCUT2D eigenvalue weighted by atomic mass is 16.6. The van der Waals surface area contributed by atoms with Crippen molar-refractivity contribution >= 4 is 17.8 Å². The maximum Gasteiger partial charge on any atom is 0.404 e. The number of carbonyl (C=O) groups is 3. The third-order valence-electron chi connectivity index (χ3n) is 7.08. The minimum Gasteiger partial charge on any atom is -0.462 e. The summed E-state index contributed by atoms with van der Waals surface area (Å²) in [4.78, 5) is 37.1. The van der Waals surface area contributed by atoms with Gasteiger partial charge in [0.2, 0.25) is 0 Å². The number of cyclic esters (lactones) is 1. The van der Waals surface area contributed by atoms with Crippen molar-refractivity contribution in [2.24, 2.45) is 23.5 Å². The van der Waals surface area contributed by atoms with Gasteiger partial charge in [0.05, 0.1) is 18.6 Å². The summed E-state index contributed by atoms with van der Waals surface area (Å²) in [5, 5.41) is 21.9. The van der Waals surface area contributed by atoms with Crippen LogP contribution >= 0.6 is 0 Å². The van der Waals surface area contributed by atoms with Gasteiger partial charge in [-0.05, 0) is 38.5 Å². The first-order chi connectivity index (χ1) is 16.8. The molecule has 2 bridgehead atoms. The van der Waals surface area contributed by atoms with Crippen LogP contribution in [0.4, 0.5) is 4.79 Å². The number of amides is 1. The Kier molecular flexibility index (Phi) is 11.1. The van der Waals surface area contributed by atoms with E-state index >= 15 is 0 Å². The normalized spacial score (nSPS) is 35.8. The number of Topliss-reactive ketones (excluding diaryl/α,β-unsaturated/α-hetero) is 1. The van der Waals surface area contributed by atoms with E-state index in [1.165, 1.54) is 0 Å². The van der Waals surface area contributed by atoms with E-state index in [9.17, 15) is 24.6 Å². The van der Waals surface area contributed by atoms with Crippen molar-refractivity contribution in [3.8, 4) is 0 Å². The zero-order valence-corrected chi connectivity index (χ0v) is 22.1. The molecular formula is C27H43NO8. The number of ether oxygens (including phenoxy) is 3. The van der Waals surface area contributed by atoms with Crippen molar-refractivity contribution in [1.82, 2.24) is 0 Å². The Balaban J connectivity index is 2.31. The van der Waals surface area contributed by atoms with Crippen LogP contribution in [-0.4, -0.2) is 58.3 Å². The summed E-state index contributed by atoms with van der Waals surface area (Å²) in [6.45, 7) is 9.56. The number of allylic oxidation sites excluding steroid dienone is 3. The van der Waals surface area contributed by atoms with E-state index in [4.69, 9.17) is 19.9 Å². The molecule has 2 aliphatic rings. The Hall–Kier alpha value is -2.23. The predicted octanol–water partition coefficient (Wildman–Crippen LogP) is 3.55. The van der Waals surface area contributed by atoms with Crippen LogP contribution in [0.1, 0.15) is 79.6 Å². The van der Waals surface area contributed by atoms with Gasteiger partial charge in [-0.2, -0.15) is 0 Å². The lowest BCUT2D eigenvalue weighted by atomic mass is 9.85. The van der Waals surface area contributed by atoms with E-state index < -0.39 is 48.7 Å². The maximum absolute atomic E-state index is 13.0. The molecule has 0 aliphatic carbocycles. The monoisotopic (exact) mass is 509 g/mol. The van der Waals surface area contributed by atoms with E-state index in [1.54, 1.807) is 19.9 Å². The molecule has 8 atom stereocenters. The first-order valence-corrected chi connectivity index (χ1v) is 12.9. The summed E-state index contributed by atoms with van der Waals surface area (Å²) < 4.78 is 16.9. The number of aliphatic hydroxyl groups excluding tert-OH is 1. The fraction of sp³-hybridized carbons (Fsp3) is 0.741. The van der Waals surface area contributed by atoms with Gasteiger partial charge < -0.3 is 30.2 Å². The summed E-state index contributed by atoms with van der Waals surface area (Å²) in [5.41, 5.74) is 5.92. The van der Waals surface area contributed by atoms with E-state index in [2.05, 4.69) is 13.0 Å². The molecule has 36 heavy (non-hydrogen) atoms. The summed E-state index contributed by atoms with van der Waals surface area (Å²) in [6, 6.07) is 0. The second-order valence-corrected chi connectivity index (χ2v) is 10.7. The van der Waals surface area contributed by atoms with Crippen molar-refractivity contribution in [1.29, 1.82) is 0 Å². The average molecular weight is 510 g/mol. The van der Waals surface area contributed by atoms with Crippen molar-refractivity contribution < 1.29 is 38.8 Å². The molecule has 2 heterocycles. The van der Waals surface area contributed by atoms with Gasteiger partial charge >= 0.3 is 12.1 Å². The second-order valence-electron chi connectivity index (χ2n) is 10.7. The maximum atomic E-state index is 13.0. The number of aliphatic hydroxyl groups is 2. The average Bonchev–Trinajstić information content (AvgIpc) is 2.73. The summed E-state index contributed by atoms with van der Waals surface area (Å²) in [5.74, 6) is -2.92. The van der Waals surface area contributed by atoms with Crippen LogP contribution in [-0.2, 0) is 23.8 Å². The zero-order chi connectivity index (χ0) is 27.0. The molecule has 0 aromatic rings. The Bertz CT molecular complexity index is 840. The SMILES string of the molecule is C/C=C/C(C)CCC(C)[C@H]1C[C@@H](O)CC(=O)C/C(C)=C\[C@@H]2O[C@](O)(CC(=O)O1)C[C@H](OC(N)=O)[C@@H]2C.